The Morgan fingerprint density at radius 3 is 2.38 bits per heavy atom. The molecule has 2 aromatic carbocycles. The van der Waals surface area contributed by atoms with Gasteiger partial charge >= 0.3 is 5.97 Å². The van der Waals surface area contributed by atoms with Crippen molar-refractivity contribution in [3.8, 4) is 11.4 Å². The number of rotatable bonds is 7. The quantitative estimate of drug-likeness (QED) is 0.614. The van der Waals surface area contributed by atoms with Gasteiger partial charge in [0, 0.05) is 17.7 Å². The van der Waals surface area contributed by atoms with Gasteiger partial charge in [-0.2, -0.15) is 4.98 Å². The Bertz CT molecular complexity index is 989. The van der Waals surface area contributed by atoms with E-state index in [1.807, 2.05) is 63.2 Å². The lowest BCUT2D eigenvalue weighted by molar-refractivity contribution is -0.147. The third kappa shape index (κ3) is 6.00. The molecule has 0 saturated heterocycles. The van der Waals surface area contributed by atoms with Gasteiger partial charge in [0.15, 0.2) is 6.61 Å². The molecule has 3 aromatic rings. The number of ether oxygens (including phenoxy) is 1. The molecule has 1 amide bonds. The van der Waals surface area contributed by atoms with Gasteiger partial charge in [-0.05, 0) is 44.0 Å². The SMILES string of the molecule is Cc1ccc(-c2noc(CCC(=O)OCC(=O)Nc3cc(C)cc(C)c3)n2)cc1. The summed E-state index contributed by atoms with van der Waals surface area (Å²) in [6.45, 7) is 5.55. The summed E-state index contributed by atoms with van der Waals surface area (Å²) in [5, 5.41) is 6.65. The third-order valence-electron chi connectivity index (χ3n) is 4.19. The molecule has 0 spiro atoms. The van der Waals surface area contributed by atoms with Gasteiger partial charge in [0.2, 0.25) is 11.7 Å². The monoisotopic (exact) mass is 393 g/mol. The molecule has 7 heteroatoms. The van der Waals surface area contributed by atoms with Crippen LogP contribution in [0, 0.1) is 20.8 Å². The first kappa shape index (κ1) is 20.3. The summed E-state index contributed by atoms with van der Waals surface area (Å²) >= 11 is 0. The zero-order valence-corrected chi connectivity index (χ0v) is 16.7. The fraction of sp³-hybridized carbons (Fsp3) is 0.273. The number of carbonyl (C=O) groups is 2. The zero-order chi connectivity index (χ0) is 20.8. The Labute approximate surface area is 169 Å². The van der Waals surface area contributed by atoms with Gasteiger partial charge in [0.1, 0.15) is 0 Å². The number of aromatic nitrogens is 2. The van der Waals surface area contributed by atoms with E-state index in [0.717, 1.165) is 22.3 Å². The van der Waals surface area contributed by atoms with Crippen LogP contribution in [0.15, 0.2) is 47.0 Å². The molecule has 0 radical (unpaired) electrons. The summed E-state index contributed by atoms with van der Waals surface area (Å²) in [5.74, 6) is -0.0724. The van der Waals surface area contributed by atoms with Crippen molar-refractivity contribution in [2.24, 2.45) is 0 Å². The maximum absolute atomic E-state index is 12.0. The van der Waals surface area contributed by atoms with Crippen LogP contribution in [0.2, 0.25) is 0 Å². The predicted molar refractivity (Wildman–Crippen MR) is 108 cm³/mol. The third-order valence-corrected chi connectivity index (χ3v) is 4.19. The van der Waals surface area contributed by atoms with Crippen molar-refractivity contribution in [1.29, 1.82) is 0 Å². The van der Waals surface area contributed by atoms with Crippen LogP contribution in [0.5, 0.6) is 0 Å². The highest BCUT2D eigenvalue weighted by Crippen LogP contribution is 2.17. The second-order valence-corrected chi connectivity index (χ2v) is 6.96. The number of aryl methyl sites for hydroxylation is 4. The maximum Gasteiger partial charge on any atom is 0.306 e. The summed E-state index contributed by atoms with van der Waals surface area (Å²) in [5.41, 5.74) is 4.75. The molecule has 0 fully saturated rings. The van der Waals surface area contributed by atoms with Gasteiger partial charge in [-0.25, -0.2) is 0 Å². The number of esters is 1. The summed E-state index contributed by atoms with van der Waals surface area (Å²) < 4.78 is 10.2. The molecule has 0 aliphatic heterocycles. The molecule has 1 aromatic heterocycles. The van der Waals surface area contributed by atoms with Gasteiger partial charge < -0.3 is 14.6 Å². The molecular weight excluding hydrogens is 370 g/mol. The average molecular weight is 393 g/mol. The van der Waals surface area contributed by atoms with Crippen molar-refractivity contribution in [2.45, 2.75) is 33.6 Å². The van der Waals surface area contributed by atoms with Gasteiger partial charge in [-0.15, -0.1) is 0 Å². The Morgan fingerprint density at radius 1 is 1.00 bits per heavy atom. The number of anilines is 1. The fourth-order valence-electron chi connectivity index (χ4n) is 2.85. The first-order valence-corrected chi connectivity index (χ1v) is 9.32. The number of nitrogens with zero attached hydrogens (tertiary/aromatic N) is 2. The van der Waals surface area contributed by atoms with E-state index in [9.17, 15) is 9.59 Å². The maximum atomic E-state index is 12.0. The van der Waals surface area contributed by atoms with Crippen LogP contribution in [0.25, 0.3) is 11.4 Å². The van der Waals surface area contributed by atoms with E-state index in [1.54, 1.807) is 0 Å². The number of hydrogen-bond acceptors (Lipinski definition) is 6. The summed E-state index contributed by atoms with van der Waals surface area (Å²) in [6.07, 6.45) is 0.294. The van der Waals surface area contributed by atoms with Crippen LogP contribution in [0.3, 0.4) is 0 Å². The average Bonchev–Trinajstić information content (AvgIpc) is 3.13. The van der Waals surface area contributed by atoms with E-state index >= 15 is 0 Å². The second kappa shape index (κ2) is 9.14. The molecule has 1 N–H and O–H groups in total. The van der Waals surface area contributed by atoms with Gasteiger partial charge in [0.05, 0.1) is 6.42 Å². The van der Waals surface area contributed by atoms with E-state index in [4.69, 9.17) is 9.26 Å². The summed E-state index contributed by atoms with van der Waals surface area (Å²) in [7, 11) is 0. The molecular formula is C22H23N3O4. The largest absolute Gasteiger partial charge is 0.456 e. The van der Waals surface area contributed by atoms with E-state index < -0.39 is 5.97 Å². The topological polar surface area (TPSA) is 94.3 Å². The van der Waals surface area contributed by atoms with Crippen LogP contribution in [0.4, 0.5) is 5.69 Å². The molecule has 0 aliphatic rings. The number of amides is 1. The summed E-state index contributed by atoms with van der Waals surface area (Å²) in [4.78, 5) is 28.2. The minimum absolute atomic E-state index is 0.0480. The molecule has 0 aliphatic carbocycles. The fourth-order valence-corrected chi connectivity index (χ4v) is 2.85. The minimum Gasteiger partial charge on any atom is -0.456 e. The first-order chi connectivity index (χ1) is 13.9. The van der Waals surface area contributed by atoms with E-state index in [-0.39, 0.29) is 25.4 Å². The molecule has 0 saturated carbocycles. The number of nitrogens with one attached hydrogen (secondary N) is 1. The van der Waals surface area contributed by atoms with Crippen LogP contribution < -0.4 is 5.32 Å². The summed E-state index contributed by atoms with van der Waals surface area (Å²) in [6, 6.07) is 13.5. The van der Waals surface area contributed by atoms with Crippen LogP contribution in [-0.2, 0) is 20.7 Å². The highest BCUT2D eigenvalue weighted by molar-refractivity contribution is 5.92. The molecule has 0 atom stereocenters. The van der Waals surface area contributed by atoms with Crippen LogP contribution in [0.1, 0.15) is 29.0 Å². The van der Waals surface area contributed by atoms with Gasteiger partial charge in [-0.3, -0.25) is 9.59 Å². The molecule has 150 valence electrons. The number of carbonyl (C=O) groups excluding carboxylic acids is 2. The van der Waals surface area contributed by atoms with Crippen molar-refractivity contribution in [1.82, 2.24) is 10.1 Å². The highest BCUT2D eigenvalue weighted by Gasteiger charge is 2.13. The number of hydrogen-bond donors (Lipinski definition) is 1. The van der Waals surface area contributed by atoms with Crippen molar-refractivity contribution < 1.29 is 18.8 Å². The van der Waals surface area contributed by atoms with Crippen molar-refractivity contribution in [3.05, 3.63) is 65.0 Å². The molecule has 0 bridgehead atoms. The van der Waals surface area contributed by atoms with Crippen LogP contribution >= 0.6 is 0 Å². The molecule has 7 nitrogen and oxygen atoms in total. The van der Waals surface area contributed by atoms with E-state index in [0.29, 0.717) is 17.4 Å². The van der Waals surface area contributed by atoms with E-state index in [2.05, 4.69) is 15.5 Å². The predicted octanol–water partition coefficient (Wildman–Crippen LogP) is 3.78. The zero-order valence-electron chi connectivity index (χ0n) is 16.7. The Hall–Kier alpha value is -3.48. The normalized spacial score (nSPS) is 10.6. The van der Waals surface area contributed by atoms with Crippen LogP contribution in [-0.4, -0.2) is 28.6 Å². The standard InChI is InChI=1S/C22H23N3O4/c1-14-4-6-17(7-5-14)22-24-20(29-25-22)8-9-21(27)28-13-19(26)23-18-11-15(2)10-16(3)12-18/h4-7,10-12H,8-9,13H2,1-3H3,(H,23,26). The van der Waals surface area contributed by atoms with Gasteiger partial charge in [0.25, 0.3) is 5.91 Å². The lowest BCUT2D eigenvalue weighted by Gasteiger charge is -2.08. The molecule has 1 heterocycles. The lowest BCUT2D eigenvalue weighted by Crippen LogP contribution is -2.21. The first-order valence-electron chi connectivity index (χ1n) is 9.32. The highest BCUT2D eigenvalue weighted by atomic mass is 16.5. The minimum atomic E-state index is -0.504. The van der Waals surface area contributed by atoms with Crippen molar-refractivity contribution >= 4 is 17.6 Å². The Balaban J connectivity index is 1.44. The smallest absolute Gasteiger partial charge is 0.306 e. The lowest BCUT2D eigenvalue weighted by atomic mass is 10.1. The second-order valence-electron chi connectivity index (χ2n) is 6.96. The molecule has 29 heavy (non-hydrogen) atoms. The molecule has 3 rings (SSSR count). The van der Waals surface area contributed by atoms with Crippen molar-refractivity contribution in [3.63, 3.8) is 0 Å². The van der Waals surface area contributed by atoms with Crippen molar-refractivity contribution in [2.75, 3.05) is 11.9 Å². The Morgan fingerprint density at radius 2 is 1.69 bits per heavy atom. The Kier molecular flexibility index (Phi) is 6.39. The van der Waals surface area contributed by atoms with Gasteiger partial charge in [-0.1, -0.05) is 41.1 Å². The van der Waals surface area contributed by atoms with E-state index in [1.165, 1.54) is 0 Å². The number of benzene rings is 2. The molecule has 0 unspecified atom stereocenters.